The molecule has 2 unspecified atom stereocenters. The van der Waals surface area contributed by atoms with Crippen molar-refractivity contribution >= 4 is 62.6 Å². The molecule has 2 aromatic rings. The summed E-state index contributed by atoms with van der Waals surface area (Å²) in [6.07, 6.45) is 5.44. The first kappa shape index (κ1) is 17.3. The molecule has 2 amide bonds. The molecule has 3 heterocycles. The molecule has 0 bridgehead atoms. The highest BCUT2D eigenvalue weighted by Gasteiger charge is 2.27. The second-order valence-corrected chi connectivity index (χ2v) is 7.95. The van der Waals surface area contributed by atoms with Crippen LogP contribution >= 0.6 is 28.4 Å². The van der Waals surface area contributed by atoms with Gasteiger partial charge in [-0.25, -0.2) is 9.44 Å². The van der Waals surface area contributed by atoms with Crippen LogP contribution in [0.25, 0.3) is 10.9 Å². The average Bonchev–Trinajstić information content (AvgIpc) is 3.02. The Morgan fingerprint density at radius 1 is 1.46 bits per heavy atom. The number of carbonyl (C=O) groups is 2. The van der Waals surface area contributed by atoms with Crippen LogP contribution in [0.3, 0.4) is 0 Å². The van der Waals surface area contributed by atoms with Crippen molar-refractivity contribution in [2.24, 2.45) is 5.92 Å². The number of rotatable bonds is 2. The third kappa shape index (κ3) is 3.32. The standard InChI is InChI=1S/C14H18IN6O2P/c1-8-3-2-4-20(7-8)14(23)13(22)19-10-6-17-12(16)9-5-18-21(24-15)11(9)10/h5-6,8,24H,2-4,7H2,1H3,(H2,16,17)(H,19,22). The van der Waals surface area contributed by atoms with Crippen molar-refractivity contribution in [1.29, 1.82) is 0 Å². The van der Waals surface area contributed by atoms with E-state index in [1.807, 2.05) is 0 Å². The van der Waals surface area contributed by atoms with Gasteiger partial charge in [0.05, 0.1) is 29.8 Å². The lowest BCUT2D eigenvalue weighted by Gasteiger charge is -2.30. The first-order chi connectivity index (χ1) is 11.5. The first-order valence-corrected chi connectivity index (χ1v) is 11.7. The van der Waals surface area contributed by atoms with Gasteiger partial charge in [0.1, 0.15) is 11.3 Å². The van der Waals surface area contributed by atoms with Gasteiger partial charge >= 0.3 is 11.8 Å². The number of nitrogens with one attached hydrogen (secondary N) is 1. The number of aromatic nitrogens is 3. The Bertz CT molecular complexity index is 795. The average molecular weight is 460 g/mol. The van der Waals surface area contributed by atoms with Crippen LogP contribution in [0, 0.1) is 5.92 Å². The number of nitrogens with two attached hydrogens (primary N) is 1. The SMILES string of the molecule is CC1CCCN(C(=O)C(=O)Nc2cnc(N)c3cnn(PI)c23)C1. The van der Waals surface area contributed by atoms with Gasteiger partial charge in [-0.3, -0.25) is 9.59 Å². The van der Waals surface area contributed by atoms with Crippen molar-refractivity contribution < 1.29 is 9.59 Å². The van der Waals surface area contributed by atoms with Gasteiger partial charge in [0.2, 0.25) is 0 Å². The summed E-state index contributed by atoms with van der Waals surface area (Å²) in [5.41, 5.74) is 7.00. The predicted octanol–water partition coefficient (Wildman–Crippen LogP) is 2.00. The molecule has 2 aromatic heterocycles. The number of hydrogen-bond donors (Lipinski definition) is 2. The van der Waals surface area contributed by atoms with Gasteiger partial charge in [-0.05, 0) is 40.8 Å². The fourth-order valence-electron chi connectivity index (χ4n) is 2.91. The van der Waals surface area contributed by atoms with Crippen molar-refractivity contribution in [2.75, 3.05) is 24.1 Å². The largest absolute Gasteiger partial charge is 0.383 e. The molecule has 0 radical (unpaired) electrons. The van der Waals surface area contributed by atoms with Crippen molar-refractivity contribution in [2.45, 2.75) is 19.8 Å². The van der Waals surface area contributed by atoms with E-state index < -0.39 is 11.8 Å². The second kappa shape index (κ2) is 7.18. The Hall–Kier alpha value is -1.48. The highest BCUT2D eigenvalue weighted by Crippen LogP contribution is 2.34. The number of likely N-dealkylation sites (tertiary alicyclic amines) is 1. The quantitative estimate of drug-likeness (QED) is 0.405. The number of piperidine rings is 1. The third-order valence-electron chi connectivity index (χ3n) is 4.10. The summed E-state index contributed by atoms with van der Waals surface area (Å²) in [5, 5.41) is 7.58. The van der Waals surface area contributed by atoms with E-state index in [2.05, 4.69) is 44.4 Å². The van der Waals surface area contributed by atoms with Crippen LogP contribution in [0.5, 0.6) is 0 Å². The van der Waals surface area contributed by atoms with Crippen LogP contribution in [0.2, 0.25) is 0 Å². The van der Waals surface area contributed by atoms with E-state index in [9.17, 15) is 9.59 Å². The van der Waals surface area contributed by atoms with E-state index in [0.29, 0.717) is 47.8 Å². The molecule has 3 N–H and O–H groups in total. The monoisotopic (exact) mass is 460 g/mol. The Morgan fingerprint density at radius 2 is 2.25 bits per heavy atom. The minimum Gasteiger partial charge on any atom is -0.383 e. The van der Waals surface area contributed by atoms with Gasteiger partial charge in [-0.2, -0.15) is 5.10 Å². The molecule has 1 aliphatic rings. The number of fused-ring (bicyclic) bond motifs is 1. The highest BCUT2D eigenvalue weighted by molar-refractivity contribution is 14.2. The molecule has 10 heteroatoms. The summed E-state index contributed by atoms with van der Waals surface area (Å²) in [4.78, 5) is 30.5. The van der Waals surface area contributed by atoms with Crippen molar-refractivity contribution in [3.05, 3.63) is 12.4 Å². The van der Waals surface area contributed by atoms with Gasteiger partial charge in [-0.15, -0.1) is 0 Å². The van der Waals surface area contributed by atoms with Crippen LogP contribution in [0.15, 0.2) is 12.4 Å². The lowest BCUT2D eigenvalue weighted by Crippen LogP contribution is -2.44. The lowest BCUT2D eigenvalue weighted by molar-refractivity contribution is -0.144. The molecule has 0 saturated carbocycles. The van der Waals surface area contributed by atoms with Gasteiger partial charge < -0.3 is 16.0 Å². The topological polar surface area (TPSA) is 106 Å². The Morgan fingerprint density at radius 3 is 2.96 bits per heavy atom. The maximum Gasteiger partial charge on any atom is 0.314 e. The summed E-state index contributed by atoms with van der Waals surface area (Å²) in [7, 11) is 0. The van der Waals surface area contributed by atoms with Gasteiger partial charge in [0.25, 0.3) is 0 Å². The molecule has 8 nitrogen and oxygen atoms in total. The van der Waals surface area contributed by atoms with E-state index in [4.69, 9.17) is 5.73 Å². The molecule has 0 aliphatic carbocycles. The summed E-state index contributed by atoms with van der Waals surface area (Å²) < 4.78 is 1.73. The second-order valence-electron chi connectivity index (χ2n) is 5.91. The minimum absolute atomic E-state index is 0.339. The molecular formula is C14H18IN6O2P. The number of amides is 2. The smallest absolute Gasteiger partial charge is 0.314 e. The third-order valence-corrected chi connectivity index (χ3v) is 5.97. The summed E-state index contributed by atoms with van der Waals surface area (Å²) >= 11 is 2.19. The van der Waals surface area contributed by atoms with Crippen LogP contribution in [-0.4, -0.2) is 44.3 Å². The number of pyridine rings is 1. The zero-order valence-corrected chi connectivity index (χ0v) is 16.3. The van der Waals surface area contributed by atoms with Crippen molar-refractivity contribution in [1.82, 2.24) is 19.4 Å². The Kier molecular flexibility index (Phi) is 5.19. The van der Waals surface area contributed by atoms with Crippen LogP contribution < -0.4 is 11.1 Å². The Balaban J connectivity index is 1.84. The molecule has 2 atom stereocenters. The van der Waals surface area contributed by atoms with Crippen LogP contribution in [-0.2, 0) is 9.59 Å². The van der Waals surface area contributed by atoms with E-state index in [-0.39, 0.29) is 0 Å². The van der Waals surface area contributed by atoms with Crippen LogP contribution in [0.1, 0.15) is 19.8 Å². The maximum absolute atomic E-state index is 12.4. The summed E-state index contributed by atoms with van der Waals surface area (Å²) in [5.74, 6) is -0.391. The first-order valence-electron chi connectivity index (χ1n) is 7.60. The number of carbonyl (C=O) groups excluding carboxylic acids is 2. The van der Waals surface area contributed by atoms with Gasteiger partial charge in [0.15, 0.2) is 0 Å². The molecule has 1 fully saturated rings. The molecule has 0 spiro atoms. The fourth-order valence-corrected chi connectivity index (χ4v) is 4.43. The minimum atomic E-state index is -0.651. The molecular weight excluding hydrogens is 442 g/mol. The highest BCUT2D eigenvalue weighted by atomic mass is 127. The van der Waals surface area contributed by atoms with Crippen molar-refractivity contribution in [3.63, 3.8) is 0 Å². The molecule has 24 heavy (non-hydrogen) atoms. The van der Waals surface area contributed by atoms with Crippen molar-refractivity contribution in [3.8, 4) is 0 Å². The molecule has 3 rings (SSSR count). The Labute approximate surface area is 153 Å². The van der Waals surface area contributed by atoms with E-state index in [1.54, 1.807) is 15.5 Å². The molecule has 1 saturated heterocycles. The summed E-state index contributed by atoms with van der Waals surface area (Å²) in [6, 6.07) is 0. The molecule has 1 aliphatic heterocycles. The number of nitrogen functional groups attached to an aromatic ring is 1. The van der Waals surface area contributed by atoms with E-state index >= 15 is 0 Å². The molecule has 128 valence electrons. The van der Waals surface area contributed by atoms with Crippen LogP contribution in [0.4, 0.5) is 11.5 Å². The molecule has 0 aromatic carbocycles. The predicted molar refractivity (Wildman–Crippen MR) is 103 cm³/mol. The van der Waals surface area contributed by atoms with E-state index in [0.717, 1.165) is 12.8 Å². The normalized spacial score (nSPS) is 18.4. The van der Waals surface area contributed by atoms with Gasteiger partial charge in [0, 0.05) is 13.1 Å². The van der Waals surface area contributed by atoms with Gasteiger partial charge in [-0.1, -0.05) is 6.92 Å². The number of anilines is 2. The number of hydrogen-bond acceptors (Lipinski definition) is 5. The zero-order chi connectivity index (χ0) is 17.3. The lowest BCUT2D eigenvalue weighted by atomic mass is 10.0. The number of halogens is 1. The zero-order valence-electron chi connectivity index (χ0n) is 13.1. The van der Waals surface area contributed by atoms with E-state index in [1.165, 1.54) is 6.20 Å². The maximum atomic E-state index is 12.4. The fraction of sp³-hybridized carbons (Fsp3) is 0.429. The number of nitrogens with zero attached hydrogens (tertiary/aromatic N) is 4. The summed E-state index contributed by atoms with van der Waals surface area (Å²) in [6.45, 7) is 3.33.